The molecule has 2 rings (SSSR count). The molecule has 0 saturated carbocycles. The molecule has 1 aromatic heterocycles. The predicted molar refractivity (Wildman–Crippen MR) is 80.5 cm³/mol. The largest absolute Gasteiger partial charge is 0.477 e. The van der Waals surface area contributed by atoms with Crippen LogP contribution in [0.3, 0.4) is 0 Å². The number of thiazole rings is 1. The molecule has 4 nitrogen and oxygen atoms in total. The van der Waals surface area contributed by atoms with Crippen LogP contribution >= 0.6 is 23.1 Å². The maximum Gasteiger partial charge on any atom is 0.347 e. The number of ether oxygens (including phenoxy) is 1. The SMILES string of the molecule is COCc1nc(CSc2ccccc2C)sc1C(=O)O. The predicted octanol–water partition coefficient (Wildman–Crippen LogP) is 3.59. The Morgan fingerprint density at radius 2 is 2.20 bits per heavy atom. The minimum Gasteiger partial charge on any atom is -0.477 e. The van der Waals surface area contributed by atoms with E-state index in [1.807, 2.05) is 12.1 Å². The number of aromatic nitrogens is 1. The number of aryl methyl sites for hydroxylation is 1. The van der Waals surface area contributed by atoms with E-state index < -0.39 is 5.97 Å². The average molecular weight is 309 g/mol. The Labute approximate surface area is 125 Å². The van der Waals surface area contributed by atoms with E-state index in [1.54, 1.807) is 11.8 Å². The number of methoxy groups -OCH3 is 1. The summed E-state index contributed by atoms with van der Waals surface area (Å²) in [6.45, 7) is 2.29. The lowest BCUT2D eigenvalue weighted by molar-refractivity contribution is 0.0697. The second-order valence-electron chi connectivity index (χ2n) is 4.18. The number of carbonyl (C=O) groups is 1. The maximum atomic E-state index is 11.1. The molecule has 0 saturated heterocycles. The lowest BCUT2D eigenvalue weighted by atomic mass is 10.2. The summed E-state index contributed by atoms with van der Waals surface area (Å²) < 4.78 is 4.99. The second kappa shape index (κ2) is 6.88. The Balaban J connectivity index is 2.12. The highest BCUT2D eigenvalue weighted by atomic mass is 32.2. The molecule has 1 N–H and O–H groups in total. The van der Waals surface area contributed by atoms with Crippen molar-refractivity contribution in [2.24, 2.45) is 0 Å². The number of thioether (sulfide) groups is 1. The standard InChI is InChI=1S/C14H15NO3S2/c1-9-5-3-4-6-11(9)19-8-12-15-10(7-18-2)13(20-12)14(16)17/h3-6H,7-8H2,1-2H3,(H,16,17). The van der Waals surface area contributed by atoms with Crippen molar-refractivity contribution < 1.29 is 14.6 Å². The topological polar surface area (TPSA) is 59.4 Å². The Morgan fingerprint density at radius 1 is 1.45 bits per heavy atom. The van der Waals surface area contributed by atoms with Gasteiger partial charge in [0.1, 0.15) is 9.88 Å². The van der Waals surface area contributed by atoms with E-state index in [0.717, 1.165) is 5.01 Å². The highest BCUT2D eigenvalue weighted by Gasteiger charge is 2.17. The molecule has 2 aromatic rings. The first kappa shape index (κ1) is 15.0. The van der Waals surface area contributed by atoms with Crippen molar-refractivity contribution in [3.63, 3.8) is 0 Å². The minimum atomic E-state index is -0.943. The highest BCUT2D eigenvalue weighted by molar-refractivity contribution is 7.98. The molecule has 0 aliphatic rings. The Hall–Kier alpha value is -1.37. The van der Waals surface area contributed by atoms with Crippen LogP contribution in [0, 0.1) is 6.92 Å². The number of hydrogen-bond acceptors (Lipinski definition) is 5. The van der Waals surface area contributed by atoms with E-state index in [-0.39, 0.29) is 11.5 Å². The number of carboxylic acid groups (broad SMARTS) is 1. The van der Waals surface area contributed by atoms with Crippen LogP contribution < -0.4 is 0 Å². The van der Waals surface area contributed by atoms with Crippen LogP contribution in [0.4, 0.5) is 0 Å². The normalized spacial score (nSPS) is 10.7. The van der Waals surface area contributed by atoms with Gasteiger partial charge in [-0.15, -0.1) is 23.1 Å². The molecule has 0 atom stereocenters. The van der Waals surface area contributed by atoms with Crippen molar-refractivity contribution in [2.45, 2.75) is 24.2 Å². The maximum absolute atomic E-state index is 11.1. The molecule has 1 aromatic carbocycles. The fraction of sp³-hybridized carbons (Fsp3) is 0.286. The molecule has 0 radical (unpaired) electrons. The van der Waals surface area contributed by atoms with Crippen molar-refractivity contribution >= 4 is 29.1 Å². The molecule has 0 bridgehead atoms. The van der Waals surface area contributed by atoms with Crippen LogP contribution in [0.2, 0.25) is 0 Å². The first-order valence-corrected chi connectivity index (χ1v) is 7.81. The zero-order valence-corrected chi connectivity index (χ0v) is 12.9. The molecule has 6 heteroatoms. The fourth-order valence-corrected chi connectivity index (χ4v) is 3.65. The van der Waals surface area contributed by atoms with E-state index in [0.29, 0.717) is 11.4 Å². The first-order valence-electron chi connectivity index (χ1n) is 6.01. The van der Waals surface area contributed by atoms with Gasteiger partial charge in [-0.3, -0.25) is 0 Å². The number of carboxylic acids is 1. The Bertz CT molecular complexity index is 610. The van der Waals surface area contributed by atoms with Crippen molar-refractivity contribution in [3.8, 4) is 0 Å². The summed E-state index contributed by atoms with van der Waals surface area (Å²) in [5, 5.41) is 9.95. The lowest BCUT2D eigenvalue weighted by Crippen LogP contribution is -1.99. The summed E-state index contributed by atoms with van der Waals surface area (Å²) in [6.07, 6.45) is 0. The summed E-state index contributed by atoms with van der Waals surface area (Å²) in [4.78, 5) is 17.0. The van der Waals surface area contributed by atoms with Gasteiger partial charge in [0.25, 0.3) is 0 Å². The van der Waals surface area contributed by atoms with Crippen LogP contribution in [0.1, 0.15) is 25.9 Å². The number of benzene rings is 1. The zero-order valence-electron chi connectivity index (χ0n) is 11.3. The summed E-state index contributed by atoms with van der Waals surface area (Å²) in [7, 11) is 1.53. The van der Waals surface area contributed by atoms with Gasteiger partial charge in [-0.05, 0) is 18.6 Å². The van der Waals surface area contributed by atoms with E-state index >= 15 is 0 Å². The van der Waals surface area contributed by atoms with Gasteiger partial charge in [-0.2, -0.15) is 0 Å². The van der Waals surface area contributed by atoms with Crippen LogP contribution in [-0.2, 0) is 17.1 Å². The van der Waals surface area contributed by atoms with Crippen molar-refractivity contribution in [1.82, 2.24) is 4.98 Å². The number of hydrogen-bond donors (Lipinski definition) is 1. The fourth-order valence-electron chi connectivity index (χ4n) is 1.72. The second-order valence-corrected chi connectivity index (χ2v) is 6.28. The molecule has 106 valence electrons. The lowest BCUT2D eigenvalue weighted by Gasteiger charge is -2.02. The third-order valence-electron chi connectivity index (χ3n) is 2.66. The third-order valence-corrected chi connectivity index (χ3v) is 5.12. The van der Waals surface area contributed by atoms with Crippen LogP contribution in [0.15, 0.2) is 29.2 Å². The molecule has 20 heavy (non-hydrogen) atoms. The molecular weight excluding hydrogens is 294 g/mol. The molecular formula is C14H15NO3S2. The monoisotopic (exact) mass is 309 g/mol. The van der Waals surface area contributed by atoms with Gasteiger partial charge in [0.2, 0.25) is 0 Å². The van der Waals surface area contributed by atoms with Gasteiger partial charge in [0.15, 0.2) is 0 Å². The average Bonchev–Trinajstić information content (AvgIpc) is 2.82. The number of aromatic carboxylic acids is 1. The third kappa shape index (κ3) is 3.59. The molecule has 0 aliphatic heterocycles. The van der Waals surface area contributed by atoms with Gasteiger partial charge >= 0.3 is 5.97 Å². The zero-order chi connectivity index (χ0) is 14.5. The minimum absolute atomic E-state index is 0.229. The van der Waals surface area contributed by atoms with Crippen LogP contribution in [-0.4, -0.2) is 23.2 Å². The van der Waals surface area contributed by atoms with Crippen molar-refractivity contribution in [3.05, 3.63) is 45.4 Å². The van der Waals surface area contributed by atoms with Gasteiger partial charge in [-0.1, -0.05) is 18.2 Å². The van der Waals surface area contributed by atoms with Crippen molar-refractivity contribution in [2.75, 3.05) is 7.11 Å². The number of nitrogens with zero attached hydrogens (tertiary/aromatic N) is 1. The highest BCUT2D eigenvalue weighted by Crippen LogP contribution is 2.29. The van der Waals surface area contributed by atoms with Gasteiger partial charge < -0.3 is 9.84 Å². The van der Waals surface area contributed by atoms with Crippen LogP contribution in [0.25, 0.3) is 0 Å². The van der Waals surface area contributed by atoms with E-state index in [1.165, 1.54) is 28.9 Å². The van der Waals surface area contributed by atoms with Gasteiger partial charge in [0, 0.05) is 12.0 Å². The van der Waals surface area contributed by atoms with Crippen molar-refractivity contribution in [1.29, 1.82) is 0 Å². The molecule has 0 amide bonds. The number of rotatable bonds is 6. The Kier molecular flexibility index (Phi) is 5.17. The van der Waals surface area contributed by atoms with E-state index in [2.05, 4.69) is 24.0 Å². The molecule has 1 heterocycles. The van der Waals surface area contributed by atoms with E-state index in [9.17, 15) is 4.79 Å². The molecule has 0 spiro atoms. The summed E-state index contributed by atoms with van der Waals surface area (Å²) >= 11 is 2.89. The summed E-state index contributed by atoms with van der Waals surface area (Å²) in [5.74, 6) is -0.277. The first-order chi connectivity index (χ1) is 9.61. The molecule has 0 unspecified atom stereocenters. The van der Waals surface area contributed by atoms with Gasteiger partial charge in [-0.25, -0.2) is 9.78 Å². The molecule has 0 fully saturated rings. The summed E-state index contributed by atoms with van der Waals surface area (Å²) in [5.41, 5.74) is 1.72. The quantitative estimate of drug-likeness (QED) is 0.826. The molecule has 0 aliphatic carbocycles. The van der Waals surface area contributed by atoms with Crippen LogP contribution in [0.5, 0.6) is 0 Å². The summed E-state index contributed by atoms with van der Waals surface area (Å²) in [6, 6.07) is 8.11. The van der Waals surface area contributed by atoms with Gasteiger partial charge in [0.05, 0.1) is 18.1 Å². The van der Waals surface area contributed by atoms with E-state index in [4.69, 9.17) is 9.84 Å². The smallest absolute Gasteiger partial charge is 0.347 e. The Morgan fingerprint density at radius 3 is 2.85 bits per heavy atom.